The number of H-pyrrole nitrogens is 1. The van der Waals surface area contributed by atoms with E-state index in [1.165, 1.54) is 13.2 Å². The van der Waals surface area contributed by atoms with Crippen LogP contribution >= 0.6 is 0 Å². The molecule has 31 heavy (non-hydrogen) atoms. The van der Waals surface area contributed by atoms with Crippen molar-refractivity contribution in [2.45, 2.75) is 12.3 Å². The molecule has 0 aliphatic carbocycles. The van der Waals surface area contributed by atoms with Crippen LogP contribution in [0.2, 0.25) is 0 Å². The van der Waals surface area contributed by atoms with E-state index < -0.39 is 5.82 Å². The summed E-state index contributed by atoms with van der Waals surface area (Å²) in [6.07, 6.45) is 4.01. The molecule has 4 heterocycles. The lowest BCUT2D eigenvalue weighted by Crippen LogP contribution is -2.35. The van der Waals surface area contributed by atoms with Gasteiger partial charge in [-0.05, 0) is 18.2 Å². The average Bonchev–Trinajstić information content (AvgIpc) is 3.13. The fourth-order valence-corrected chi connectivity index (χ4v) is 4.07. The second-order valence-electron chi connectivity index (χ2n) is 7.35. The number of hydrogen-bond acceptors (Lipinski definition) is 5. The Kier molecular flexibility index (Phi) is 4.71. The van der Waals surface area contributed by atoms with Crippen molar-refractivity contribution in [3.8, 4) is 28.8 Å². The van der Waals surface area contributed by atoms with Gasteiger partial charge in [0, 0.05) is 36.3 Å². The number of aromatic amines is 1. The largest absolute Gasteiger partial charge is 0.492 e. The highest BCUT2D eigenvalue weighted by Crippen LogP contribution is 2.43. The molecule has 4 N–H and O–H groups in total. The van der Waals surface area contributed by atoms with Crippen LogP contribution in [0.5, 0.6) is 5.75 Å². The van der Waals surface area contributed by atoms with Crippen molar-refractivity contribution in [3.05, 3.63) is 53.7 Å². The van der Waals surface area contributed by atoms with Gasteiger partial charge in [0.2, 0.25) is 0 Å². The zero-order chi connectivity index (χ0) is 21.4. The van der Waals surface area contributed by atoms with Crippen LogP contribution < -0.4 is 20.7 Å². The molecule has 0 unspecified atom stereocenters. The number of benzene rings is 1. The first-order valence-electron chi connectivity index (χ1n) is 9.95. The number of fused-ring (bicyclic) bond motifs is 3. The third-order valence-electron chi connectivity index (χ3n) is 5.54. The fraction of sp³-hybridized carbons (Fsp3) is 0.217. The molecule has 0 spiro atoms. The third-order valence-corrected chi connectivity index (χ3v) is 5.54. The number of halogens is 1. The number of carbonyl (C=O) groups excluding carboxylic acids is 1. The Labute approximate surface area is 178 Å². The van der Waals surface area contributed by atoms with Crippen molar-refractivity contribution in [2.75, 3.05) is 30.8 Å². The summed E-state index contributed by atoms with van der Waals surface area (Å²) in [5.41, 5.74) is 4.63. The van der Waals surface area contributed by atoms with Crippen LogP contribution in [0.15, 0.2) is 36.7 Å². The average molecular weight is 417 g/mol. The van der Waals surface area contributed by atoms with E-state index in [0.717, 1.165) is 16.9 Å². The normalized spacial score (nSPS) is 16.6. The van der Waals surface area contributed by atoms with Gasteiger partial charge < -0.3 is 25.7 Å². The minimum atomic E-state index is -0.489. The van der Waals surface area contributed by atoms with Crippen LogP contribution in [0.25, 0.3) is 11.3 Å². The number of rotatable bonds is 3. The summed E-state index contributed by atoms with van der Waals surface area (Å²) in [7, 11) is 1.41. The Bertz CT molecular complexity index is 1240. The van der Waals surface area contributed by atoms with Gasteiger partial charge in [0.05, 0.1) is 48.2 Å². The summed E-state index contributed by atoms with van der Waals surface area (Å²) in [6, 6.07) is 6.50. The minimum absolute atomic E-state index is 0.0206. The molecule has 3 aromatic rings. The Morgan fingerprint density at radius 3 is 3.03 bits per heavy atom. The maximum Gasteiger partial charge on any atom is 0.255 e. The number of methoxy groups -OCH3 is 1. The van der Waals surface area contributed by atoms with E-state index in [4.69, 9.17) is 4.74 Å². The highest BCUT2D eigenvalue weighted by molar-refractivity contribution is 6.07. The molecular formula is C23H20FN5O2. The Morgan fingerprint density at radius 1 is 1.26 bits per heavy atom. The number of carbonyl (C=O) groups is 1. The lowest BCUT2D eigenvalue weighted by atomic mass is 9.93. The summed E-state index contributed by atoms with van der Waals surface area (Å²) >= 11 is 0. The predicted molar refractivity (Wildman–Crippen MR) is 116 cm³/mol. The summed E-state index contributed by atoms with van der Waals surface area (Å²) in [4.78, 5) is 20.6. The SMILES string of the molecule is COc1c(F)cccc1Nc1c2[nH]c3c1C(=O)NC[C@@H]3CC#CCNc1cnccc1-2. The highest BCUT2D eigenvalue weighted by Gasteiger charge is 2.33. The van der Waals surface area contributed by atoms with Crippen LogP contribution in [0.3, 0.4) is 0 Å². The van der Waals surface area contributed by atoms with Gasteiger partial charge in [-0.1, -0.05) is 12.0 Å². The van der Waals surface area contributed by atoms with Gasteiger partial charge in [0.1, 0.15) is 0 Å². The Morgan fingerprint density at radius 2 is 2.16 bits per heavy atom. The van der Waals surface area contributed by atoms with Crippen molar-refractivity contribution < 1.29 is 13.9 Å². The molecule has 1 amide bonds. The summed E-state index contributed by atoms with van der Waals surface area (Å²) in [6.45, 7) is 0.983. The molecule has 8 heteroatoms. The number of nitrogens with one attached hydrogen (secondary N) is 4. The lowest BCUT2D eigenvalue weighted by molar-refractivity contribution is 0.0941. The van der Waals surface area contributed by atoms with Crippen LogP contribution in [-0.2, 0) is 0 Å². The minimum Gasteiger partial charge on any atom is -0.492 e. The van der Waals surface area contributed by atoms with Crippen molar-refractivity contribution in [1.29, 1.82) is 0 Å². The van der Waals surface area contributed by atoms with E-state index >= 15 is 0 Å². The molecule has 0 fully saturated rings. The summed E-state index contributed by atoms with van der Waals surface area (Å²) in [5.74, 6) is 5.74. The highest BCUT2D eigenvalue weighted by atomic mass is 19.1. The standard InChI is InChI=1S/C23H20FN5O2/c1-31-22-15(24)6-4-7-16(22)28-21-18-19-13(11-27-23(18)30)5-2-3-9-26-17-12-25-10-8-14(17)20(21)29-19/h4,6-8,10,12-13,26,28-29H,5,9,11H2,1H3,(H,27,30)/t13-/m0/s1. The molecule has 156 valence electrons. The van der Waals surface area contributed by atoms with Gasteiger partial charge in [-0.2, -0.15) is 0 Å². The molecule has 1 aromatic carbocycles. The fourth-order valence-electron chi connectivity index (χ4n) is 4.07. The number of hydrogen-bond donors (Lipinski definition) is 4. The second kappa shape index (κ2) is 7.69. The zero-order valence-electron chi connectivity index (χ0n) is 16.8. The molecular weight excluding hydrogens is 397 g/mol. The van der Waals surface area contributed by atoms with E-state index in [2.05, 4.69) is 37.8 Å². The van der Waals surface area contributed by atoms with Gasteiger partial charge in [-0.15, -0.1) is 5.92 Å². The summed E-state index contributed by atoms with van der Waals surface area (Å²) < 4.78 is 19.6. The van der Waals surface area contributed by atoms with Crippen LogP contribution in [0.1, 0.15) is 28.4 Å². The van der Waals surface area contributed by atoms with Crippen molar-refractivity contribution >= 4 is 23.0 Å². The van der Waals surface area contributed by atoms with Gasteiger partial charge in [-0.25, -0.2) is 4.39 Å². The molecule has 5 rings (SSSR count). The predicted octanol–water partition coefficient (Wildman–Crippen LogP) is 3.61. The Hall–Kier alpha value is -3.99. The molecule has 2 aliphatic heterocycles. The van der Waals surface area contributed by atoms with Gasteiger partial charge >= 0.3 is 0 Å². The van der Waals surface area contributed by atoms with Crippen LogP contribution in [-0.4, -0.2) is 36.1 Å². The maximum atomic E-state index is 14.3. The number of amides is 1. The van der Waals surface area contributed by atoms with Gasteiger partial charge in [0.15, 0.2) is 11.6 Å². The van der Waals surface area contributed by atoms with E-state index in [-0.39, 0.29) is 17.6 Å². The monoisotopic (exact) mass is 417 g/mol. The molecule has 2 bridgehead atoms. The first-order valence-corrected chi connectivity index (χ1v) is 9.95. The lowest BCUT2D eigenvalue weighted by Gasteiger charge is -2.22. The number of nitrogens with zero attached hydrogens (tertiary/aromatic N) is 1. The van der Waals surface area contributed by atoms with Crippen LogP contribution in [0.4, 0.5) is 21.5 Å². The maximum absolute atomic E-state index is 14.3. The Balaban J connectivity index is 1.76. The number of aromatic nitrogens is 2. The van der Waals surface area contributed by atoms with Crippen LogP contribution in [0, 0.1) is 17.7 Å². The first-order chi connectivity index (χ1) is 15.2. The first kappa shape index (κ1) is 19.0. The molecule has 1 atom stereocenters. The number of anilines is 3. The number of para-hydroxylation sites is 1. The quantitative estimate of drug-likeness (QED) is 0.489. The molecule has 2 aliphatic rings. The molecule has 0 radical (unpaired) electrons. The van der Waals surface area contributed by atoms with E-state index in [9.17, 15) is 9.18 Å². The zero-order valence-corrected chi connectivity index (χ0v) is 16.8. The van der Waals surface area contributed by atoms with Crippen molar-refractivity contribution in [1.82, 2.24) is 15.3 Å². The molecule has 7 nitrogen and oxygen atoms in total. The number of ether oxygens (including phenoxy) is 1. The van der Waals surface area contributed by atoms with E-state index in [1.807, 2.05) is 6.07 Å². The number of pyridine rings is 1. The molecule has 2 aromatic heterocycles. The second-order valence-corrected chi connectivity index (χ2v) is 7.35. The van der Waals surface area contributed by atoms with E-state index in [1.54, 1.807) is 24.5 Å². The van der Waals surface area contributed by atoms with Gasteiger partial charge in [0.25, 0.3) is 5.91 Å². The van der Waals surface area contributed by atoms with Crippen molar-refractivity contribution in [3.63, 3.8) is 0 Å². The molecule has 0 saturated heterocycles. The van der Waals surface area contributed by atoms with E-state index in [0.29, 0.717) is 42.1 Å². The topological polar surface area (TPSA) is 91.1 Å². The van der Waals surface area contributed by atoms with Gasteiger partial charge in [-0.3, -0.25) is 9.78 Å². The molecule has 0 saturated carbocycles. The summed E-state index contributed by atoms with van der Waals surface area (Å²) in [5, 5.41) is 9.52. The third kappa shape index (κ3) is 3.24. The van der Waals surface area contributed by atoms with Crippen molar-refractivity contribution in [2.24, 2.45) is 0 Å². The smallest absolute Gasteiger partial charge is 0.255 e.